The quantitative estimate of drug-likeness (QED) is 0.640. The van der Waals surface area contributed by atoms with Gasteiger partial charge in [0.05, 0.1) is 6.61 Å². The van der Waals surface area contributed by atoms with Crippen LogP contribution in [0.2, 0.25) is 0 Å². The van der Waals surface area contributed by atoms with Gasteiger partial charge in [0.1, 0.15) is 5.54 Å². The van der Waals surface area contributed by atoms with Crippen molar-refractivity contribution in [3.8, 4) is 0 Å². The molecule has 110 valence electrons. The van der Waals surface area contributed by atoms with Crippen LogP contribution in [-0.4, -0.2) is 39.9 Å². The van der Waals surface area contributed by atoms with E-state index in [2.05, 4.69) is 15.3 Å². The zero-order valence-electron chi connectivity index (χ0n) is 12.0. The molecule has 1 aliphatic carbocycles. The largest absolute Gasteiger partial charge is 0.465 e. The number of carbonyl (C=O) groups excluding carboxylic acids is 1. The summed E-state index contributed by atoms with van der Waals surface area (Å²) in [6.07, 6.45) is 6.03. The molecule has 2 atom stereocenters. The molecule has 0 amide bonds. The van der Waals surface area contributed by atoms with Crippen LogP contribution in [0.4, 0.5) is 0 Å². The maximum atomic E-state index is 12.2. The number of likely N-dealkylation sites (N-methyl/N-ethyl adjacent to an activating group) is 1. The monoisotopic (exact) mass is 295 g/mol. The smallest absolute Gasteiger partial charge is 0.326 e. The molecule has 1 fully saturated rings. The van der Waals surface area contributed by atoms with Crippen LogP contribution in [0.1, 0.15) is 33.1 Å². The standard InChI is InChI=1S/C14H21N3O2S/c1-3-17-14(12(18)19-4-2)7-6-11(10-14)20-13-15-8-5-9-16-13/h5,8-9,11,17H,3-4,6-7,10H2,1-2H3. The van der Waals surface area contributed by atoms with E-state index in [1.807, 2.05) is 13.8 Å². The summed E-state index contributed by atoms with van der Waals surface area (Å²) in [5.41, 5.74) is -0.531. The van der Waals surface area contributed by atoms with Crippen molar-refractivity contribution in [2.75, 3.05) is 13.2 Å². The Kier molecular flexibility index (Phi) is 5.37. The maximum Gasteiger partial charge on any atom is 0.326 e. The highest BCUT2D eigenvalue weighted by Gasteiger charge is 2.46. The van der Waals surface area contributed by atoms with E-state index in [9.17, 15) is 4.79 Å². The summed E-state index contributed by atoms with van der Waals surface area (Å²) in [6, 6.07) is 1.81. The molecular weight excluding hydrogens is 274 g/mol. The average molecular weight is 295 g/mol. The molecule has 0 aromatic carbocycles. The van der Waals surface area contributed by atoms with E-state index >= 15 is 0 Å². The summed E-state index contributed by atoms with van der Waals surface area (Å²) in [7, 11) is 0. The molecular formula is C14H21N3O2S. The van der Waals surface area contributed by atoms with Crippen LogP contribution in [0.3, 0.4) is 0 Å². The Morgan fingerprint density at radius 3 is 2.90 bits per heavy atom. The first-order chi connectivity index (χ1) is 9.70. The molecule has 20 heavy (non-hydrogen) atoms. The van der Waals surface area contributed by atoms with Crippen LogP contribution in [0.25, 0.3) is 0 Å². The molecule has 0 spiro atoms. The molecule has 1 aromatic rings. The summed E-state index contributed by atoms with van der Waals surface area (Å²) in [5, 5.41) is 4.45. The van der Waals surface area contributed by atoms with Gasteiger partial charge in [-0.25, -0.2) is 9.97 Å². The summed E-state index contributed by atoms with van der Waals surface area (Å²) >= 11 is 1.64. The Balaban J connectivity index is 2.02. The zero-order valence-corrected chi connectivity index (χ0v) is 12.8. The highest BCUT2D eigenvalue weighted by atomic mass is 32.2. The van der Waals surface area contributed by atoms with Gasteiger partial charge in [-0.3, -0.25) is 4.79 Å². The van der Waals surface area contributed by atoms with Crippen molar-refractivity contribution in [2.45, 2.75) is 49.1 Å². The van der Waals surface area contributed by atoms with Gasteiger partial charge in [-0.2, -0.15) is 0 Å². The Labute approximate surface area is 123 Å². The molecule has 5 nitrogen and oxygen atoms in total. The lowest BCUT2D eigenvalue weighted by Gasteiger charge is -2.27. The van der Waals surface area contributed by atoms with Crippen molar-refractivity contribution in [2.24, 2.45) is 0 Å². The third kappa shape index (κ3) is 3.49. The molecule has 6 heteroatoms. The lowest BCUT2D eigenvalue weighted by Crippen LogP contribution is -2.51. The van der Waals surface area contributed by atoms with Gasteiger partial charge in [0.15, 0.2) is 5.16 Å². The van der Waals surface area contributed by atoms with Gasteiger partial charge in [-0.05, 0) is 38.8 Å². The Bertz CT molecular complexity index is 443. The first-order valence-electron chi connectivity index (χ1n) is 7.06. The lowest BCUT2D eigenvalue weighted by atomic mass is 9.98. The first kappa shape index (κ1) is 15.3. The van der Waals surface area contributed by atoms with Crippen LogP contribution in [0, 0.1) is 0 Å². The molecule has 1 heterocycles. The minimum absolute atomic E-state index is 0.126. The third-order valence-electron chi connectivity index (χ3n) is 3.46. The fourth-order valence-electron chi connectivity index (χ4n) is 2.62. The van der Waals surface area contributed by atoms with Gasteiger partial charge in [0.2, 0.25) is 0 Å². The number of nitrogens with zero attached hydrogens (tertiary/aromatic N) is 2. The normalized spacial score (nSPS) is 25.6. The van der Waals surface area contributed by atoms with Crippen LogP contribution in [0.15, 0.2) is 23.6 Å². The minimum Gasteiger partial charge on any atom is -0.465 e. The first-order valence-corrected chi connectivity index (χ1v) is 7.94. The number of hydrogen-bond donors (Lipinski definition) is 1. The van der Waals surface area contributed by atoms with Crippen LogP contribution in [0.5, 0.6) is 0 Å². The summed E-state index contributed by atoms with van der Waals surface area (Å²) in [5.74, 6) is -0.126. The number of rotatable bonds is 6. The SMILES string of the molecule is CCNC1(C(=O)OCC)CCC(Sc2ncccn2)C1. The lowest BCUT2D eigenvalue weighted by molar-refractivity contribution is -0.151. The second-order valence-electron chi connectivity index (χ2n) is 4.85. The number of esters is 1. The predicted molar refractivity (Wildman–Crippen MR) is 78.6 cm³/mol. The van der Waals surface area contributed by atoms with Crippen molar-refractivity contribution in [1.82, 2.24) is 15.3 Å². The highest BCUT2D eigenvalue weighted by molar-refractivity contribution is 7.99. The summed E-state index contributed by atoms with van der Waals surface area (Å²) in [6.45, 7) is 5.04. The van der Waals surface area contributed by atoms with E-state index in [0.717, 1.165) is 31.0 Å². The van der Waals surface area contributed by atoms with Crippen molar-refractivity contribution < 1.29 is 9.53 Å². The number of ether oxygens (including phenoxy) is 1. The van der Waals surface area contributed by atoms with Gasteiger partial charge in [0.25, 0.3) is 0 Å². The zero-order chi connectivity index (χ0) is 14.4. The predicted octanol–water partition coefficient (Wildman–Crippen LogP) is 2.03. The second-order valence-corrected chi connectivity index (χ2v) is 6.11. The van der Waals surface area contributed by atoms with E-state index in [1.54, 1.807) is 30.2 Å². The molecule has 1 N–H and O–H groups in total. The highest BCUT2D eigenvalue weighted by Crippen LogP contribution is 2.39. The average Bonchev–Trinajstić information content (AvgIpc) is 2.85. The maximum absolute atomic E-state index is 12.2. The van der Waals surface area contributed by atoms with E-state index in [1.165, 1.54) is 0 Å². The van der Waals surface area contributed by atoms with Crippen molar-refractivity contribution in [1.29, 1.82) is 0 Å². The fraction of sp³-hybridized carbons (Fsp3) is 0.643. The van der Waals surface area contributed by atoms with E-state index in [-0.39, 0.29) is 5.97 Å². The Hall–Kier alpha value is -1.14. The molecule has 2 unspecified atom stereocenters. The van der Waals surface area contributed by atoms with Crippen LogP contribution < -0.4 is 5.32 Å². The van der Waals surface area contributed by atoms with Gasteiger partial charge in [-0.1, -0.05) is 18.7 Å². The molecule has 2 rings (SSSR count). The van der Waals surface area contributed by atoms with E-state index in [4.69, 9.17) is 4.74 Å². The second kappa shape index (κ2) is 7.04. The van der Waals surface area contributed by atoms with Gasteiger partial charge < -0.3 is 10.1 Å². The molecule has 0 radical (unpaired) electrons. The number of hydrogen-bond acceptors (Lipinski definition) is 6. The Morgan fingerprint density at radius 2 is 2.25 bits per heavy atom. The number of nitrogens with one attached hydrogen (secondary N) is 1. The molecule has 1 saturated carbocycles. The topological polar surface area (TPSA) is 64.1 Å². The third-order valence-corrected chi connectivity index (χ3v) is 4.62. The van der Waals surface area contributed by atoms with Gasteiger partial charge >= 0.3 is 5.97 Å². The number of aromatic nitrogens is 2. The van der Waals surface area contributed by atoms with Gasteiger partial charge in [-0.15, -0.1) is 0 Å². The molecule has 1 aliphatic rings. The molecule has 0 aliphatic heterocycles. The van der Waals surface area contributed by atoms with Crippen LogP contribution >= 0.6 is 11.8 Å². The van der Waals surface area contributed by atoms with E-state index < -0.39 is 5.54 Å². The van der Waals surface area contributed by atoms with Gasteiger partial charge in [0, 0.05) is 17.6 Å². The van der Waals surface area contributed by atoms with Crippen molar-refractivity contribution >= 4 is 17.7 Å². The minimum atomic E-state index is -0.531. The number of thioether (sulfide) groups is 1. The molecule has 0 saturated heterocycles. The summed E-state index contributed by atoms with van der Waals surface area (Å²) < 4.78 is 5.24. The fourth-order valence-corrected chi connectivity index (χ4v) is 3.77. The summed E-state index contributed by atoms with van der Waals surface area (Å²) in [4.78, 5) is 20.7. The van der Waals surface area contributed by atoms with Crippen molar-refractivity contribution in [3.63, 3.8) is 0 Å². The Morgan fingerprint density at radius 1 is 1.50 bits per heavy atom. The van der Waals surface area contributed by atoms with E-state index in [0.29, 0.717) is 11.9 Å². The van der Waals surface area contributed by atoms with Crippen molar-refractivity contribution in [3.05, 3.63) is 18.5 Å². The molecule has 1 aromatic heterocycles. The number of carbonyl (C=O) groups is 1. The molecule has 0 bridgehead atoms. The van der Waals surface area contributed by atoms with Crippen LogP contribution in [-0.2, 0) is 9.53 Å².